The van der Waals surface area contributed by atoms with Crippen LogP contribution in [-0.2, 0) is 11.8 Å². The second-order valence-electron chi connectivity index (χ2n) is 4.90. The van der Waals surface area contributed by atoms with Gasteiger partial charge in [0.05, 0.1) is 0 Å². The van der Waals surface area contributed by atoms with Crippen LogP contribution in [0.5, 0.6) is 0 Å². The maximum atomic E-state index is 13.7. The molecule has 0 fully saturated rings. The van der Waals surface area contributed by atoms with E-state index < -0.39 is 0 Å². The lowest BCUT2D eigenvalue weighted by atomic mass is 9.77. The summed E-state index contributed by atoms with van der Waals surface area (Å²) in [5.74, 6) is -0.159. The van der Waals surface area contributed by atoms with Gasteiger partial charge in [0, 0.05) is 12.0 Å². The predicted molar refractivity (Wildman–Crippen MR) is 73.0 cm³/mol. The molecule has 2 aromatic carbocycles. The zero-order valence-electron chi connectivity index (χ0n) is 10.6. The molecule has 0 aromatic heterocycles. The van der Waals surface area contributed by atoms with Crippen molar-refractivity contribution in [3.63, 3.8) is 0 Å². The first-order valence-electron chi connectivity index (χ1n) is 6.15. The molecule has 0 radical (unpaired) electrons. The minimum Gasteiger partial charge on any atom is -0.330 e. The maximum absolute atomic E-state index is 13.7. The van der Waals surface area contributed by atoms with Crippen molar-refractivity contribution in [2.45, 2.75) is 18.8 Å². The second-order valence-corrected chi connectivity index (χ2v) is 4.90. The largest absolute Gasteiger partial charge is 0.330 e. The van der Waals surface area contributed by atoms with Gasteiger partial charge in [0.1, 0.15) is 5.82 Å². The van der Waals surface area contributed by atoms with E-state index in [4.69, 9.17) is 5.73 Å². The van der Waals surface area contributed by atoms with E-state index in [0.717, 1.165) is 5.56 Å². The Morgan fingerprint density at radius 1 is 1.00 bits per heavy atom. The fraction of sp³-hybridized carbons (Fsp3) is 0.250. The van der Waals surface area contributed by atoms with Crippen molar-refractivity contribution < 1.29 is 4.39 Å². The standard InChI is InChI=1S/C16H18FN/c1-16(12-18,14-8-3-2-4-9-14)11-13-7-5-6-10-15(13)17/h2-10H,11-12,18H2,1H3. The second kappa shape index (κ2) is 5.32. The van der Waals surface area contributed by atoms with E-state index >= 15 is 0 Å². The van der Waals surface area contributed by atoms with Gasteiger partial charge in [-0.15, -0.1) is 0 Å². The van der Waals surface area contributed by atoms with Crippen LogP contribution in [0.25, 0.3) is 0 Å². The van der Waals surface area contributed by atoms with E-state index in [0.29, 0.717) is 18.5 Å². The quantitative estimate of drug-likeness (QED) is 0.876. The molecule has 0 aliphatic carbocycles. The van der Waals surface area contributed by atoms with Gasteiger partial charge in [0.25, 0.3) is 0 Å². The van der Waals surface area contributed by atoms with Crippen molar-refractivity contribution >= 4 is 0 Å². The summed E-state index contributed by atoms with van der Waals surface area (Å²) in [6, 6.07) is 16.9. The molecule has 0 saturated carbocycles. The topological polar surface area (TPSA) is 26.0 Å². The first-order chi connectivity index (χ1) is 8.65. The summed E-state index contributed by atoms with van der Waals surface area (Å²) >= 11 is 0. The van der Waals surface area contributed by atoms with Crippen LogP contribution in [0.2, 0.25) is 0 Å². The molecular formula is C16H18FN. The molecule has 0 saturated heterocycles. The lowest BCUT2D eigenvalue weighted by Gasteiger charge is -2.29. The van der Waals surface area contributed by atoms with E-state index in [1.165, 1.54) is 6.07 Å². The zero-order valence-corrected chi connectivity index (χ0v) is 10.6. The van der Waals surface area contributed by atoms with Crippen molar-refractivity contribution in [2.24, 2.45) is 5.73 Å². The maximum Gasteiger partial charge on any atom is 0.126 e. The molecule has 1 unspecified atom stereocenters. The average Bonchev–Trinajstić information content (AvgIpc) is 2.42. The number of benzene rings is 2. The Morgan fingerprint density at radius 2 is 1.61 bits per heavy atom. The lowest BCUT2D eigenvalue weighted by molar-refractivity contribution is 0.467. The fourth-order valence-electron chi connectivity index (χ4n) is 2.19. The fourth-order valence-corrected chi connectivity index (χ4v) is 2.19. The zero-order chi connectivity index (χ0) is 13.0. The van der Waals surface area contributed by atoms with Crippen molar-refractivity contribution in [1.29, 1.82) is 0 Å². The highest BCUT2D eigenvalue weighted by atomic mass is 19.1. The van der Waals surface area contributed by atoms with Gasteiger partial charge in [-0.05, 0) is 23.6 Å². The van der Waals surface area contributed by atoms with E-state index in [1.807, 2.05) is 42.5 Å². The number of hydrogen-bond donors (Lipinski definition) is 1. The molecule has 0 bridgehead atoms. The Hall–Kier alpha value is -1.67. The van der Waals surface area contributed by atoms with Gasteiger partial charge >= 0.3 is 0 Å². The monoisotopic (exact) mass is 243 g/mol. The van der Waals surface area contributed by atoms with Gasteiger partial charge in [0.15, 0.2) is 0 Å². The number of nitrogens with two attached hydrogens (primary N) is 1. The molecule has 2 heteroatoms. The van der Waals surface area contributed by atoms with Gasteiger partial charge < -0.3 is 5.73 Å². The van der Waals surface area contributed by atoms with Gasteiger partial charge in [-0.1, -0.05) is 55.5 Å². The normalized spacial score (nSPS) is 14.2. The molecular weight excluding hydrogens is 225 g/mol. The van der Waals surface area contributed by atoms with Crippen LogP contribution in [0.15, 0.2) is 54.6 Å². The van der Waals surface area contributed by atoms with E-state index in [1.54, 1.807) is 6.07 Å². The van der Waals surface area contributed by atoms with Crippen LogP contribution < -0.4 is 5.73 Å². The highest BCUT2D eigenvalue weighted by Gasteiger charge is 2.26. The number of rotatable bonds is 4. The third-order valence-electron chi connectivity index (χ3n) is 3.46. The number of halogens is 1. The van der Waals surface area contributed by atoms with Crippen molar-refractivity contribution in [3.05, 3.63) is 71.5 Å². The van der Waals surface area contributed by atoms with E-state index in [9.17, 15) is 4.39 Å². The average molecular weight is 243 g/mol. The van der Waals surface area contributed by atoms with Gasteiger partial charge in [-0.3, -0.25) is 0 Å². The molecule has 2 N–H and O–H groups in total. The van der Waals surface area contributed by atoms with Crippen LogP contribution >= 0.6 is 0 Å². The molecule has 0 aliphatic heterocycles. The highest BCUT2D eigenvalue weighted by molar-refractivity contribution is 5.29. The smallest absolute Gasteiger partial charge is 0.126 e. The first-order valence-corrected chi connectivity index (χ1v) is 6.15. The molecule has 18 heavy (non-hydrogen) atoms. The lowest BCUT2D eigenvalue weighted by Crippen LogP contribution is -2.34. The van der Waals surface area contributed by atoms with E-state index in [2.05, 4.69) is 6.92 Å². The minimum atomic E-state index is -0.233. The Morgan fingerprint density at radius 3 is 2.22 bits per heavy atom. The van der Waals surface area contributed by atoms with Crippen molar-refractivity contribution in [2.75, 3.05) is 6.54 Å². The first kappa shape index (κ1) is 12.8. The molecule has 0 spiro atoms. The molecule has 0 amide bonds. The summed E-state index contributed by atoms with van der Waals surface area (Å²) in [7, 11) is 0. The summed E-state index contributed by atoms with van der Waals surface area (Å²) in [4.78, 5) is 0. The molecule has 1 atom stereocenters. The van der Waals surface area contributed by atoms with Crippen LogP contribution in [0.1, 0.15) is 18.1 Å². The van der Waals surface area contributed by atoms with Crippen LogP contribution in [-0.4, -0.2) is 6.54 Å². The summed E-state index contributed by atoms with van der Waals surface area (Å²) in [6.45, 7) is 2.57. The van der Waals surface area contributed by atoms with Crippen LogP contribution in [0.4, 0.5) is 4.39 Å². The molecule has 2 rings (SSSR count). The summed E-state index contributed by atoms with van der Waals surface area (Å²) in [5, 5.41) is 0. The van der Waals surface area contributed by atoms with Gasteiger partial charge in [0.2, 0.25) is 0 Å². The summed E-state index contributed by atoms with van der Waals surface area (Å²) in [6.07, 6.45) is 0.611. The van der Waals surface area contributed by atoms with Gasteiger partial charge in [-0.25, -0.2) is 4.39 Å². The molecule has 94 valence electrons. The Bertz CT molecular complexity index is 510. The van der Waals surface area contributed by atoms with Crippen molar-refractivity contribution in [1.82, 2.24) is 0 Å². The van der Waals surface area contributed by atoms with Crippen molar-refractivity contribution in [3.8, 4) is 0 Å². The van der Waals surface area contributed by atoms with Gasteiger partial charge in [-0.2, -0.15) is 0 Å². The Balaban J connectivity index is 2.32. The predicted octanol–water partition coefficient (Wildman–Crippen LogP) is 3.28. The third kappa shape index (κ3) is 2.59. The summed E-state index contributed by atoms with van der Waals surface area (Å²) < 4.78 is 13.7. The van der Waals surface area contributed by atoms with Crippen LogP contribution in [0.3, 0.4) is 0 Å². The van der Waals surface area contributed by atoms with E-state index in [-0.39, 0.29) is 11.2 Å². The van der Waals surface area contributed by atoms with Crippen LogP contribution in [0, 0.1) is 5.82 Å². The number of hydrogen-bond acceptors (Lipinski definition) is 1. The Kier molecular flexibility index (Phi) is 3.78. The SMILES string of the molecule is CC(CN)(Cc1ccccc1F)c1ccccc1. The summed E-state index contributed by atoms with van der Waals surface area (Å²) in [5.41, 5.74) is 7.55. The Labute approximate surface area is 107 Å². The highest BCUT2D eigenvalue weighted by Crippen LogP contribution is 2.27. The molecule has 2 aromatic rings. The molecule has 1 nitrogen and oxygen atoms in total. The third-order valence-corrected chi connectivity index (χ3v) is 3.46. The minimum absolute atomic E-state index is 0.159. The molecule has 0 aliphatic rings. The molecule has 0 heterocycles.